The zero-order chi connectivity index (χ0) is 22.6. The van der Waals surface area contributed by atoms with Crippen molar-refractivity contribution in [2.45, 2.75) is 13.5 Å². The van der Waals surface area contributed by atoms with E-state index in [9.17, 15) is 4.79 Å². The molecule has 0 spiro atoms. The van der Waals surface area contributed by atoms with Gasteiger partial charge in [0.2, 0.25) is 0 Å². The molecule has 0 bridgehead atoms. The van der Waals surface area contributed by atoms with Gasteiger partial charge in [0.25, 0.3) is 5.91 Å². The van der Waals surface area contributed by atoms with E-state index in [0.717, 1.165) is 50.3 Å². The zero-order valence-corrected chi connectivity index (χ0v) is 19.8. The molecule has 1 aliphatic heterocycles. The lowest BCUT2D eigenvalue weighted by Crippen LogP contribution is -2.49. The second kappa shape index (κ2) is 9.77. The number of carbonyl (C=O) groups is 1. The summed E-state index contributed by atoms with van der Waals surface area (Å²) in [5.74, 6) is 0.144. The van der Waals surface area contributed by atoms with Crippen molar-refractivity contribution in [1.82, 2.24) is 14.4 Å². The second-order valence-corrected chi connectivity index (χ2v) is 9.59. The molecule has 0 N–H and O–H groups in total. The van der Waals surface area contributed by atoms with Crippen LogP contribution in [0.5, 0.6) is 0 Å². The van der Waals surface area contributed by atoms with Gasteiger partial charge in [-0.1, -0.05) is 72.3 Å². The van der Waals surface area contributed by atoms with Crippen LogP contribution in [0.4, 0.5) is 0 Å². The monoisotopic (exact) mass is 455 g/mol. The van der Waals surface area contributed by atoms with Gasteiger partial charge in [0.05, 0.1) is 0 Å². The lowest BCUT2D eigenvalue weighted by Gasteiger charge is -2.34. The molecule has 1 amide bonds. The molecule has 0 aliphatic carbocycles. The maximum atomic E-state index is 13.5. The van der Waals surface area contributed by atoms with Crippen molar-refractivity contribution in [3.05, 3.63) is 101 Å². The third-order valence-corrected chi connectivity index (χ3v) is 7.23. The van der Waals surface area contributed by atoms with Crippen molar-refractivity contribution in [1.29, 1.82) is 0 Å². The van der Waals surface area contributed by atoms with Crippen LogP contribution in [0.1, 0.15) is 27.2 Å². The summed E-state index contributed by atoms with van der Waals surface area (Å²) in [6.45, 7) is 7.08. The minimum atomic E-state index is 0.144. The first-order valence-electron chi connectivity index (χ1n) is 11.5. The van der Waals surface area contributed by atoms with E-state index in [2.05, 4.69) is 94.6 Å². The minimum Gasteiger partial charge on any atom is -0.335 e. The summed E-state index contributed by atoms with van der Waals surface area (Å²) in [6, 6.07) is 23.1. The molecule has 1 aliphatic rings. The maximum Gasteiger partial charge on any atom is 0.270 e. The number of aromatic nitrogens is 1. The fourth-order valence-corrected chi connectivity index (χ4v) is 5.40. The molecule has 2 aromatic carbocycles. The van der Waals surface area contributed by atoms with Gasteiger partial charge in [0.1, 0.15) is 10.5 Å². The Hall–Kier alpha value is -3.15. The van der Waals surface area contributed by atoms with E-state index in [1.54, 1.807) is 11.3 Å². The third-order valence-electron chi connectivity index (χ3n) is 6.28. The Bertz CT molecular complexity index is 1260. The van der Waals surface area contributed by atoms with Crippen molar-refractivity contribution in [2.75, 3.05) is 32.7 Å². The highest BCUT2D eigenvalue weighted by atomic mass is 32.1. The molecule has 5 rings (SSSR count). The Kier molecular flexibility index (Phi) is 6.42. The third kappa shape index (κ3) is 4.95. The number of aryl methyl sites for hydroxylation is 1. The van der Waals surface area contributed by atoms with Crippen molar-refractivity contribution in [3.63, 3.8) is 0 Å². The number of thiophene rings is 1. The Morgan fingerprint density at radius 2 is 1.79 bits per heavy atom. The van der Waals surface area contributed by atoms with E-state index in [1.807, 2.05) is 11.0 Å². The number of hydrogen-bond donors (Lipinski definition) is 0. The van der Waals surface area contributed by atoms with E-state index in [4.69, 9.17) is 0 Å². The molecule has 0 radical (unpaired) electrons. The molecule has 33 heavy (non-hydrogen) atoms. The van der Waals surface area contributed by atoms with Crippen LogP contribution in [0.25, 0.3) is 16.3 Å². The molecule has 5 heteroatoms. The average molecular weight is 456 g/mol. The summed E-state index contributed by atoms with van der Waals surface area (Å²) >= 11 is 1.71. The van der Waals surface area contributed by atoms with Crippen molar-refractivity contribution < 1.29 is 4.79 Å². The Labute approximate surface area is 199 Å². The number of benzene rings is 2. The molecule has 0 unspecified atom stereocenters. The predicted molar refractivity (Wildman–Crippen MR) is 138 cm³/mol. The minimum absolute atomic E-state index is 0.144. The molecule has 1 fully saturated rings. The van der Waals surface area contributed by atoms with E-state index in [0.29, 0.717) is 0 Å². The van der Waals surface area contributed by atoms with E-state index in [1.165, 1.54) is 21.5 Å². The first-order valence-corrected chi connectivity index (χ1v) is 12.4. The molecule has 4 nitrogen and oxygen atoms in total. The molecule has 3 heterocycles. The smallest absolute Gasteiger partial charge is 0.270 e. The maximum absolute atomic E-state index is 13.5. The summed E-state index contributed by atoms with van der Waals surface area (Å²) in [7, 11) is 0. The van der Waals surface area contributed by atoms with Crippen LogP contribution in [0.3, 0.4) is 0 Å². The van der Waals surface area contributed by atoms with E-state index < -0.39 is 0 Å². The summed E-state index contributed by atoms with van der Waals surface area (Å²) in [5.41, 5.74) is 4.49. The Morgan fingerprint density at radius 3 is 2.58 bits per heavy atom. The largest absolute Gasteiger partial charge is 0.335 e. The van der Waals surface area contributed by atoms with Crippen LogP contribution >= 0.6 is 11.3 Å². The van der Waals surface area contributed by atoms with Crippen LogP contribution in [0, 0.1) is 6.92 Å². The fourth-order valence-electron chi connectivity index (χ4n) is 4.50. The fraction of sp³-hybridized carbons (Fsp3) is 0.250. The van der Waals surface area contributed by atoms with Crippen LogP contribution in [0.2, 0.25) is 0 Å². The number of rotatable bonds is 6. The highest BCUT2D eigenvalue weighted by Crippen LogP contribution is 2.27. The molecule has 4 aromatic rings. The average Bonchev–Trinajstić information content (AvgIpc) is 3.43. The van der Waals surface area contributed by atoms with Gasteiger partial charge >= 0.3 is 0 Å². The quantitative estimate of drug-likeness (QED) is 0.382. The Balaban J connectivity index is 1.26. The number of piperazine rings is 1. The molecular formula is C28H29N3OS. The van der Waals surface area contributed by atoms with Gasteiger partial charge in [-0.2, -0.15) is 0 Å². The van der Waals surface area contributed by atoms with Crippen LogP contribution in [0.15, 0.2) is 78.2 Å². The van der Waals surface area contributed by atoms with E-state index >= 15 is 0 Å². The molecule has 2 aromatic heterocycles. The summed E-state index contributed by atoms with van der Waals surface area (Å²) in [4.78, 5) is 19.1. The summed E-state index contributed by atoms with van der Waals surface area (Å²) in [5, 5.41) is 3.26. The molecule has 168 valence electrons. The molecule has 0 saturated carbocycles. The molecule has 0 atom stereocenters. The first-order chi connectivity index (χ1) is 16.2. The predicted octanol–water partition coefficient (Wildman–Crippen LogP) is 5.53. The van der Waals surface area contributed by atoms with Gasteiger partial charge in [-0.25, -0.2) is 0 Å². The van der Waals surface area contributed by atoms with Crippen molar-refractivity contribution >= 4 is 33.5 Å². The normalized spacial score (nSPS) is 15.0. The van der Waals surface area contributed by atoms with Crippen molar-refractivity contribution in [3.8, 4) is 0 Å². The first kappa shape index (κ1) is 21.7. The number of nitrogens with zero attached hydrogens (tertiary/aromatic N) is 3. The number of hydrogen-bond acceptors (Lipinski definition) is 3. The van der Waals surface area contributed by atoms with Crippen LogP contribution < -0.4 is 0 Å². The lowest BCUT2D eigenvalue weighted by molar-refractivity contribution is 0.0640. The lowest BCUT2D eigenvalue weighted by atomic mass is 10.1. The van der Waals surface area contributed by atoms with E-state index in [-0.39, 0.29) is 5.91 Å². The standard InChI is InChI=1S/C28H29N3OS/c1-22-7-5-10-24(19-22)21-31-26(20-25-12-18-33-28(25)31)27(32)30-16-14-29(15-17-30)13-6-11-23-8-3-2-4-9-23/h2-12,18-20H,13-17,21H2,1H3/b11-6+. The van der Waals surface area contributed by atoms with Gasteiger partial charge in [-0.3, -0.25) is 9.69 Å². The number of carbonyl (C=O) groups excluding carboxylic acids is 1. The Morgan fingerprint density at radius 1 is 0.970 bits per heavy atom. The summed E-state index contributed by atoms with van der Waals surface area (Å²) in [6.07, 6.45) is 4.39. The summed E-state index contributed by atoms with van der Waals surface area (Å²) < 4.78 is 2.20. The molecule has 1 saturated heterocycles. The van der Waals surface area contributed by atoms with Gasteiger partial charge < -0.3 is 9.47 Å². The number of fused-ring (bicyclic) bond motifs is 1. The topological polar surface area (TPSA) is 28.5 Å². The highest BCUT2D eigenvalue weighted by molar-refractivity contribution is 7.16. The highest BCUT2D eigenvalue weighted by Gasteiger charge is 2.25. The van der Waals surface area contributed by atoms with Gasteiger partial charge in [-0.15, -0.1) is 11.3 Å². The van der Waals surface area contributed by atoms with Crippen LogP contribution in [-0.4, -0.2) is 53.0 Å². The van der Waals surface area contributed by atoms with Crippen LogP contribution in [-0.2, 0) is 6.54 Å². The van der Waals surface area contributed by atoms with Crippen molar-refractivity contribution in [2.24, 2.45) is 0 Å². The number of amides is 1. The van der Waals surface area contributed by atoms with Gasteiger partial charge in [0, 0.05) is 44.7 Å². The van der Waals surface area contributed by atoms with Gasteiger partial charge in [0.15, 0.2) is 0 Å². The second-order valence-electron chi connectivity index (χ2n) is 8.69. The molecular weight excluding hydrogens is 426 g/mol. The SMILES string of the molecule is Cc1cccc(Cn2c(C(=O)N3CCN(C/C=C/c4ccccc4)CC3)cc3ccsc32)c1. The van der Waals surface area contributed by atoms with Gasteiger partial charge in [-0.05, 0) is 35.6 Å². The zero-order valence-electron chi connectivity index (χ0n) is 19.0.